The summed E-state index contributed by atoms with van der Waals surface area (Å²) in [4.78, 5) is 3.97. The third kappa shape index (κ3) is 1.78. The Kier molecular flexibility index (Phi) is 2.14. The van der Waals surface area contributed by atoms with Gasteiger partial charge in [0.15, 0.2) is 0 Å². The van der Waals surface area contributed by atoms with Crippen LogP contribution in [-0.4, -0.2) is 10.1 Å². The van der Waals surface area contributed by atoms with Gasteiger partial charge in [0.25, 0.3) is 0 Å². The number of rotatable bonds is 1. The van der Waals surface area contributed by atoms with Crippen LogP contribution in [0.5, 0.6) is 0 Å². The fraction of sp³-hybridized carbons (Fsp3) is 0.111. The summed E-state index contributed by atoms with van der Waals surface area (Å²) in [5, 5.41) is 3.76. The SMILES string of the molecule is Cc1cc(Br)cc(-c2ncon2)c1. The summed E-state index contributed by atoms with van der Waals surface area (Å²) in [6.07, 6.45) is 1.32. The third-order valence-corrected chi connectivity index (χ3v) is 2.12. The number of benzene rings is 1. The maximum absolute atomic E-state index is 4.67. The van der Waals surface area contributed by atoms with E-state index in [2.05, 4.69) is 30.6 Å². The molecule has 0 saturated carbocycles. The highest BCUT2D eigenvalue weighted by Gasteiger charge is 2.03. The first-order chi connectivity index (χ1) is 6.25. The predicted molar refractivity (Wildman–Crippen MR) is 52.2 cm³/mol. The normalized spacial score (nSPS) is 10.3. The van der Waals surface area contributed by atoms with E-state index in [9.17, 15) is 0 Å². The van der Waals surface area contributed by atoms with Crippen molar-refractivity contribution in [2.24, 2.45) is 0 Å². The van der Waals surface area contributed by atoms with Crippen LogP contribution in [-0.2, 0) is 0 Å². The minimum Gasteiger partial charge on any atom is -0.342 e. The van der Waals surface area contributed by atoms with Gasteiger partial charge in [-0.05, 0) is 30.7 Å². The lowest BCUT2D eigenvalue weighted by Crippen LogP contribution is -1.82. The number of aryl methyl sites for hydroxylation is 1. The summed E-state index contributed by atoms with van der Waals surface area (Å²) in [5.74, 6) is 0.615. The van der Waals surface area contributed by atoms with Crippen molar-refractivity contribution in [1.82, 2.24) is 10.1 Å². The fourth-order valence-electron chi connectivity index (χ4n) is 1.16. The summed E-state index contributed by atoms with van der Waals surface area (Å²) in [7, 11) is 0. The zero-order valence-corrected chi connectivity index (χ0v) is 8.58. The molecule has 0 amide bonds. The molecule has 2 aromatic rings. The van der Waals surface area contributed by atoms with Crippen molar-refractivity contribution in [2.75, 3.05) is 0 Å². The van der Waals surface area contributed by atoms with Gasteiger partial charge in [-0.3, -0.25) is 0 Å². The second-order valence-corrected chi connectivity index (χ2v) is 3.69. The molecule has 13 heavy (non-hydrogen) atoms. The van der Waals surface area contributed by atoms with Crippen LogP contribution in [0.25, 0.3) is 11.4 Å². The Balaban J connectivity index is 2.53. The van der Waals surface area contributed by atoms with E-state index >= 15 is 0 Å². The van der Waals surface area contributed by atoms with Crippen LogP contribution < -0.4 is 0 Å². The van der Waals surface area contributed by atoms with Crippen LogP contribution in [0, 0.1) is 6.92 Å². The molecule has 0 spiro atoms. The van der Waals surface area contributed by atoms with E-state index in [-0.39, 0.29) is 0 Å². The van der Waals surface area contributed by atoms with Gasteiger partial charge < -0.3 is 4.52 Å². The number of halogens is 1. The molecular formula is C9H7BrN2O. The van der Waals surface area contributed by atoms with Gasteiger partial charge in [0, 0.05) is 10.0 Å². The summed E-state index contributed by atoms with van der Waals surface area (Å²) >= 11 is 3.41. The van der Waals surface area contributed by atoms with E-state index in [0.29, 0.717) is 5.82 Å². The largest absolute Gasteiger partial charge is 0.342 e. The molecule has 1 aromatic heterocycles. The van der Waals surface area contributed by atoms with Crippen LogP contribution in [0.15, 0.2) is 33.6 Å². The first-order valence-corrected chi connectivity index (χ1v) is 4.59. The molecule has 0 saturated heterocycles. The zero-order valence-electron chi connectivity index (χ0n) is 6.99. The molecule has 0 bridgehead atoms. The monoisotopic (exact) mass is 238 g/mol. The van der Waals surface area contributed by atoms with Gasteiger partial charge >= 0.3 is 0 Å². The quantitative estimate of drug-likeness (QED) is 0.767. The highest BCUT2D eigenvalue weighted by molar-refractivity contribution is 9.10. The van der Waals surface area contributed by atoms with Gasteiger partial charge in [-0.15, -0.1) is 0 Å². The van der Waals surface area contributed by atoms with Gasteiger partial charge in [0.1, 0.15) is 0 Å². The maximum Gasteiger partial charge on any atom is 0.214 e. The van der Waals surface area contributed by atoms with Crippen molar-refractivity contribution in [1.29, 1.82) is 0 Å². The second-order valence-electron chi connectivity index (χ2n) is 2.77. The Morgan fingerprint density at radius 1 is 1.31 bits per heavy atom. The molecule has 0 fully saturated rings. The minimum absolute atomic E-state index is 0.615. The molecule has 0 aliphatic heterocycles. The van der Waals surface area contributed by atoms with Crippen LogP contribution in [0.2, 0.25) is 0 Å². The number of nitrogens with zero attached hydrogens (tertiary/aromatic N) is 2. The lowest BCUT2D eigenvalue weighted by atomic mass is 10.1. The summed E-state index contributed by atoms with van der Waals surface area (Å²) in [6, 6.07) is 6.00. The minimum atomic E-state index is 0.615. The van der Waals surface area contributed by atoms with Crippen molar-refractivity contribution >= 4 is 15.9 Å². The highest BCUT2D eigenvalue weighted by atomic mass is 79.9. The molecule has 4 heteroatoms. The summed E-state index contributed by atoms with van der Waals surface area (Å²) in [5.41, 5.74) is 2.12. The van der Waals surface area contributed by atoms with E-state index in [1.54, 1.807) is 0 Å². The van der Waals surface area contributed by atoms with Crippen molar-refractivity contribution in [3.05, 3.63) is 34.6 Å². The molecule has 0 unspecified atom stereocenters. The Morgan fingerprint density at radius 3 is 2.77 bits per heavy atom. The summed E-state index contributed by atoms with van der Waals surface area (Å²) < 4.78 is 5.69. The van der Waals surface area contributed by atoms with Crippen molar-refractivity contribution < 1.29 is 4.52 Å². The first-order valence-electron chi connectivity index (χ1n) is 3.79. The molecule has 3 nitrogen and oxygen atoms in total. The molecule has 66 valence electrons. The number of hydrogen-bond donors (Lipinski definition) is 0. The Hall–Kier alpha value is -1.16. The van der Waals surface area contributed by atoms with Crippen LogP contribution >= 0.6 is 15.9 Å². The molecule has 2 rings (SSSR count). The third-order valence-electron chi connectivity index (χ3n) is 1.66. The van der Waals surface area contributed by atoms with Crippen LogP contribution in [0.4, 0.5) is 0 Å². The maximum atomic E-state index is 4.67. The van der Waals surface area contributed by atoms with Gasteiger partial charge in [0.05, 0.1) is 0 Å². The topological polar surface area (TPSA) is 38.9 Å². The highest BCUT2D eigenvalue weighted by Crippen LogP contribution is 2.21. The van der Waals surface area contributed by atoms with E-state index in [1.807, 2.05) is 25.1 Å². The summed E-state index contributed by atoms with van der Waals surface area (Å²) in [6.45, 7) is 2.02. The van der Waals surface area contributed by atoms with Gasteiger partial charge in [0.2, 0.25) is 12.2 Å². The molecule has 1 aromatic carbocycles. The number of hydrogen-bond acceptors (Lipinski definition) is 3. The first kappa shape index (κ1) is 8.44. The molecular weight excluding hydrogens is 232 g/mol. The second kappa shape index (κ2) is 3.30. The van der Waals surface area contributed by atoms with Crippen molar-refractivity contribution in [3.63, 3.8) is 0 Å². The molecule has 0 aliphatic carbocycles. The van der Waals surface area contributed by atoms with E-state index < -0.39 is 0 Å². The van der Waals surface area contributed by atoms with E-state index in [1.165, 1.54) is 6.39 Å². The Morgan fingerprint density at radius 2 is 2.15 bits per heavy atom. The Labute approximate surface area is 83.9 Å². The lowest BCUT2D eigenvalue weighted by molar-refractivity contribution is 0.419. The average molecular weight is 239 g/mol. The smallest absolute Gasteiger partial charge is 0.214 e. The number of aromatic nitrogens is 2. The van der Waals surface area contributed by atoms with Crippen molar-refractivity contribution in [2.45, 2.75) is 6.92 Å². The van der Waals surface area contributed by atoms with E-state index in [0.717, 1.165) is 15.6 Å². The molecule has 0 radical (unpaired) electrons. The fourth-order valence-corrected chi connectivity index (χ4v) is 1.77. The molecule has 0 aliphatic rings. The van der Waals surface area contributed by atoms with Gasteiger partial charge in [-0.2, -0.15) is 4.98 Å². The zero-order chi connectivity index (χ0) is 9.26. The lowest BCUT2D eigenvalue weighted by Gasteiger charge is -1.98. The standard InChI is InChI=1S/C9H7BrN2O/c1-6-2-7(4-8(10)3-6)9-11-5-13-12-9/h2-5H,1H3. The Bertz CT molecular complexity index is 391. The molecule has 0 N–H and O–H groups in total. The van der Waals surface area contributed by atoms with Crippen LogP contribution in [0.3, 0.4) is 0 Å². The molecule has 0 atom stereocenters. The van der Waals surface area contributed by atoms with Crippen molar-refractivity contribution in [3.8, 4) is 11.4 Å². The molecule has 1 heterocycles. The van der Waals surface area contributed by atoms with E-state index in [4.69, 9.17) is 0 Å². The predicted octanol–water partition coefficient (Wildman–Crippen LogP) is 2.81. The average Bonchev–Trinajstić information content (AvgIpc) is 2.53. The van der Waals surface area contributed by atoms with Gasteiger partial charge in [-0.25, -0.2) is 0 Å². The van der Waals surface area contributed by atoms with Crippen LogP contribution in [0.1, 0.15) is 5.56 Å². The van der Waals surface area contributed by atoms with Gasteiger partial charge in [-0.1, -0.05) is 21.1 Å².